The molecule has 2 atom stereocenters. The van der Waals surface area contributed by atoms with Crippen LogP contribution in [0, 0.1) is 5.92 Å². The third kappa shape index (κ3) is 2.20. The highest BCUT2D eigenvalue weighted by Gasteiger charge is 2.45. The van der Waals surface area contributed by atoms with Crippen molar-refractivity contribution in [3.8, 4) is 0 Å². The van der Waals surface area contributed by atoms with E-state index in [2.05, 4.69) is 52.3 Å². The molecule has 4 aliphatic rings. The Balaban J connectivity index is 1.45. The van der Waals surface area contributed by atoms with Gasteiger partial charge in [0.05, 0.1) is 0 Å². The quantitative estimate of drug-likeness (QED) is 0.800. The number of benzene rings is 2. The van der Waals surface area contributed by atoms with E-state index < -0.39 is 0 Å². The summed E-state index contributed by atoms with van der Waals surface area (Å²) in [5.74, 6) is 1.69. The Bertz CT molecular complexity index is 823. The van der Waals surface area contributed by atoms with E-state index in [0.29, 0.717) is 12.0 Å². The fraction of sp³-hybridized carbons (Fsp3) is 0.478. The van der Waals surface area contributed by atoms with Crippen LogP contribution in [-0.2, 0) is 12.8 Å². The normalized spacial score (nSPS) is 27.4. The van der Waals surface area contributed by atoms with E-state index in [9.17, 15) is 0 Å². The molecule has 1 aliphatic carbocycles. The van der Waals surface area contributed by atoms with E-state index in [1.54, 1.807) is 16.8 Å². The van der Waals surface area contributed by atoms with Crippen LogP contribution in [0.5, 0.6) is 0 Å². The van der Waals surface area contributed by atoms with Crippen LogP contribution in [0.4, 0.5) is 11.4 Å². The van der Waals surface area contributed by atoms with Gasteiger partial charge in [-0.05, 0) is 60.8 Å². The average molecular weight is 330 g/mol. The summed E-state index contributed by atoms with van der Waals surface area (Å²) in [7, 11) is 0. The molecule has 1 saturated carbocycles. The summed E-state index contributed by atoms with van der Waals surface area (Å²) in [5, 5.41) is 0. The van der Waals surface area contributed by atoms with Crippen LogP contribution in [0.2, 0.25) is 0 Å². The number of likely N-dealkylation sites (tertiary alicyclic amines) is 1. The van der Waals surface area contributed by atoms with E-state index in [-0.39, 0.29) is 0 Å². The molecule has 2 fully saturated rings. The Morgan fingerprint density at radius 3 is 2.64 bits per heavy atom. The minimum atomic E-state index is 0.658. The molecule has 0 N–H and O–H groups in total. The van der Waals surface area contributed by atoms with Crippen LogP contribution >= 0.6 is 0 Å². The second-order valence-corrected chi connectivity index (χ2v) is 8.52. The predicted molar refractivity (Wildman–Crippen MR) is 103 cm³/mol. The van der Waals surface area contributed by atoms with Gasteiger partial charge in [0.15, 0.2) is 0 Å². The summed E-state index contributed by atoms with van der Waals surface area (Å²) in [6.45, 7) is 3.88. The maximum Gasteiger partial charge on any atom is 0.0483 e. The number of hydrogen-bond acceptors (Lipinski definition) is 2. The minimum Gasteiger partial charge on any atom is -0.337 e. The lowest BCUT2D eigenvalue weighted by molar-refractivity contribution is 0.190. The first-order valence-electron chi connectivity index (χ1n) is 10.1. The summed E-state index contributed by atoms with van der Waals surface area (Å²) in [4.78, 5) is 5.50. The second-order valence-electron chi connectivity index (χ2n) is 8.52. The standard InChI is InChI=1S/C23H26N2/c1-2-7-21-17(4-1)10-11-18-5-3-6-19-20-15-24(14-16-8-9-16)13-12-22(20)25(21)23(18)19/h1-7,16,20,22H,8-15H2/t20-,22+/m0/s1. The van der Waals surface area contributed by atoms with Gasteiger partial charge in [0.25, 0.3) is 0 Å². The smallest absolute Gasteiger partial charge is 0.0483 e. The molecular formula is C23H26N2. The Morgan fingerprint density at radius 2 is 1.72 bits per heavy atom. The highest BCUT2D eigenvalue weighted by Crippen LogP contribution is 2.52. The lowest BCUT2D eigenvalue weighted by atomic mass is 9.87. The lowest BCUT2D eigenvalue weighted by Gasteiger charge is -2.39. The van der Waals surface area contributed by atoms with Crippen molar-refractivity contribution in [1.82, 2.24) is 4.90 Å². The van der Waals surface area contributed by atoms with Gasteiger partial charge in [-0.1, -0.05) is 36.4 Å². The minimum absolute atomic E-state index is 0.658. The Labute approximate surface area is 150 Å². The first kappa shape index (κ1) is 14.4. The van der Waals surface area contributed by atoms with E-state index in [4.69, 9.17) is 0 Å². The molecule has 2 nitrogen and oxygen atoms in total. The molecule has 25 heavy (non-hydrogen) atoms. The fourth-order valence-electron chi connectivity index (χ4n) is 5.55. The van der Waals surface area contributed by atoms with Crippen LogP contribution in [0.25, 0.3) is 0 Å². The summed E-state index contributed by atoms with van der Waals surface area (Å²) in [5.41, 5.74) is 7.77. The lowest BCUT2D eigenvalue weighted by Crippen LogP contribution is -2.45. The largest absolute Gasteiger partial charge is 0.337 e. The van der Waals surface area contributed by atoms with Crippen molar-refractivity contribution >= 4 is 11.4 Å². The topological polar surface area (TPSA) is 6.48 Å². The zero-order valence-corrected chi connectivity index (χ0v) is 14.8. The summed E-state index contributed by atoms with van der Waals surface area (Å²) >= 11 is 0. The summed E-state index contributed by atoms with van der Waals surface area (Å²) in [6, 6.07) is 16.9. The van der Waals surface area contributed by atoms with Gasteiger partial charge in [-0.3, -0.25) is 0 Å². The Morgan fingerprint density at radius 1 is 0.880 bits per heavy atom. The maximum atomic E-state index is 2.76. The molecule has 128 valence electrons. The number of rotatable bonds is 2. The Kier molecular flexibility index (Phi) is 3.07. The fourth-order valence-corrected chi connectivity index (χ4v) is 5.55. The van der Waals surface area contributed by atoms with Gasteiger partial charge in [-0.25, -0.2) is 0 Å². The molecule has 1 saturated heterocycles. The van der Waals surface area contributed by atoms with Crippen LogP contribution in [0.15, 0.2) is 42.5 Å². The molecule has 0 spiro atoms. The number of fused-ring (bicyclic) bond motifs is 5. The molecule has 0 aromatic heterocycles. The molecule has 2 aromatic carbocycles. The molecule has 0 radical (unpaired) electrons. The maximum absolute atomic E-state index is 2.76. The van der Waals surface area contributed by atoms with Crippen LogP contribution < -0.4 is 4.90 Å². The first-order valence-corrected chi connectivity index (χ1v) is 10.1. The van der Waals surface area contributed by atoms with Gasteiger partial charge in [0.1, 0.15) is 0 Å². The van der Waals surface area contributed by atoms with Crippen LogP contribution in [-0.4, -0.2) is 30.6 Å². The number of hydrogen-bond donors (Lipinski definition) is 0. The van der Waals surface area contributed by atoms with Gasteiger partial charge in [0, 0.05) is 43.0 Å². The van der Waals surface area contributed by atoms with Gasteiger partial charge in [-0.15, -0.1) is 0 Å². The van der Waals surface area contributed by atoms with E-state index in [1.165, 1.54) is 63.0 Å². The molecule has 2 aromatic rings. The van der Waals surface area contributed by atoms with E-state index in [1.807, 2.05) is 0 Å². The van der Waals surface area contributed by atoms with Crippen molar-refractivity contribution in [3.63, 3.8) is 0 Å². The SMILES string of the molecule is c1ccc2c(c1)CCc1cccc3c1N2[C@@H]1CCN(CC2CC2)C[C@@H]31. The zero-order chi connectivity index (χ0) is 16.4. The molecule has 0 bridgehead atoms. The monoisotopic (exact) mass is 330 g/mol. The van der Waals surface area contributed by atoms with Crippen molar-refractivity contribution in [2.45, 2.75) is 44.1 Å². The molecule has 6 rings (SSSR count). The number of nitrogens with zero attached hydrogens (tertiary/aromatic N) is 2. The molecule has 3 heterocycles. The van der Waals surface area contributed by atoms with Crippen molar-refractivity contribution < 1.29 is 0 Å². The van der Waals surface area contributed by atoms with Crippen molar-refractivity contribution in [3.05, 3.63) is 59.2 Å². The van der Waals surface area contributed by atoms with E-state index >= 15 is 0 Å². The molecule has 2 heteroatoms. The van der Waals surface area contributed by atoms with Gasteiger partial charge >= 0.3 is 0 Å². The van der Waals surface area contributed by atoms with Gasteiger partial charge < -0.3 is 9.80 Å². The van der Waals surface area contributed by atoms with E-state index in [0.717, 1.165) is 5.92 Å². The number of anilines is 2. The zero-order valence-electron chi connectivity index (χ0n) is 14.8. The second kappa shape index (κ2) is 5.35. The Hall–Kier alpha value is -1.80. The third-order valence-electron chi connectivity index (χ3n) is 6.91. The highest BCUT2D eigenvalue weighted by molar-refractivity contribution is 5.79. The van der Waals surface area contributed by atoms with Gasteiger partial charge in [-0.2, -0.15) is 0 Å². The van der Waals surface area contributed by atoms with Crippen molar-refractivity contribution in [2.24, 2.45) is 5.92 Å². The molecule has 0 unspecified atom stereocenters. The average Bonchev–Trinajstić information content (AvgIpc) is 3.42. The van der Waals surface area contributed by atoms with Crippen LogP contribution in [0.3, 0.4) is 0 Å². The predicted octanol–water partition coefficient (Wildman–Crippen LogP) is 4.50. The number of piperidine rings is 1. The summed E-state index contributed by atoms with van der Waals surface area (Å²) in [6.07, 6.45) is 6.59. The number of para-hydroxylation sites is 2. The number of aryl methyl sites for hydroxylation is 2. The van der Waals surface area contributed by atoms with Crippen molar-refractivity contribution in [1.29, 1.82) is 0 Å². The molecule has 0 amide bonds. The van der Waals surface area contributed by atoms with Gasteiger partial charge in [0.2, 0.25) is 0 Å². The molecule has 3 aliphatic heterocycles. The van der Waals surface area contributed by atoms with Crippen molar-refractivity contribution in [2.75, 3.05) is 24.5 Å². The highest BCUT2D eigenvalue weighted by atomic mass is 15.2. The first-order chi connectivity index (χ1) is 12.4. The molecular weight excluding hydrogens is 304 g/mol. The van der Waals surface area contributed by atoms with Crippen LogP contribution in [0.1, 0.15) is 41.9 Å². The summed E-state index contributed by atoms with van der Waals surface area (Å²) < 4.78 is 0. The third-order valence-corrected chi connectivity index (χ3v) is 6.91.